The molecule has 0 spiro atoms. The molecule has 4 N–H and O–H groups in total. The molecule has 1 aromatic rings. The maximum absolute atomic E-state index is 11.7. The third-order valence-electron chi connectivity index (χ3n) is 2.74. The van der Waals surface area contributed by atoms with Gasteiger partial charge in [0.15, 0.2) is 6.61 Å². The van der Waals surface area contributed by atoms with Crippen LogP contribution in [0.5, 0.6) is 5.75 Å². The molecule has 0 aromatic heterocycles. The number of nitrogen functional groups attached to an aromatic ring is 2. The minimum atomic E-state index is -0.686. The number of nitrogens with two attached hydrogens (primary N) is 2. The van der Waals surface area contributed by atoms with Gasteiger partial charge in [0.25, 0.3) is 0 Å². The zero-order valence-electron chi connectivity index (χ0n) is 12.2. The summed E-state index contributed by atoms with van der Waals surface area (Å²) in [5.74, 6) is -1.08. The summed E-state index contributed by atoms with van der Waals surface area (Å²) >= 11 is 0. The molecule has 1 aromatic carbocycles. The van der Waals surface area contributed by atoms with Crippen molar-refractivity contribution in [1.29, 1.82) is 0 Å². The SMILES string of the molecule is CCCCOC(=O)COc1ccc(N)c(N)c1C(=O)OC. The summed E-state index contributed by atoms with van der Waals surface area (Å²) < 4.78 is 14.9. The number of anilines is 2. The molecule has 0 aliphatic heterocycles. The molecular weight excluding hydrogens is 276 g/mol. The van der Waals surface area contributed by atoms with E-state index in [-0.39, 0.29) is 29.3 Å². The molecule has 0 amide bonds. The van der Waals surface area contributed by atoms with Crippen molar-refractivity contribution in [1.82, 2.24) is 0 Å². The lowest BCUT2D eigenvalue weighted by Crippen LogP contribution is -2.18. The number of ether oxygens (including phenoxy) is 3. The van der Waals surface area contributed by atoms with E-state index in [4.69, 9.17) is 20.9 Å². The molecule has 0 bridgehead atoms. The molecule has 0 heterocycles. The molecule has 0 atom stereocenters. The maximum Gasteiger partial charge on any atom is 0.344 e. The summed E-state index contributed by atoms with van der Waals surface area (Å²) in [6.07, 6.45) is 1.71. The number of hydrogen-bond donors (Lipinski definition) is 2. The fraction of sp³-hybridized carbons (Fsp3) is 0.429. The molecule has 0 aliphatic rings. The predicted octanol–water partition coefficient (Wildman–Crippen LogP) is 1.36. The fourth-order valence-electron chi connectivity index (χ4n) is 1.56. The highest BCUT2D eigenvalue weighted by Crippen LogP contribution is 2.30. The minimum absolute atomic E-state index is 0.00106. The van der Waals surface area contributed by atoms with Crippen molar-refractivity contribution in [3.63, 3.8) is 0 Å². The Bertz CT molecular complexity index is 516. The topological polar surface area (TPSA) is 114 Å². The van der Waals surface area contributed by atoms with Crippen molar-refractivity contribution < 1.29 is 23.8 Å². The van der Waals surface area contributed by atoms with Gasteiger partial charge in [0.1, 0.15) is 11.3 Å². The van der Waals surface area contributed by atoms with Crippen LogP contribution < -0.4 is 16.2 Å². The van der Waals surface area contributed by atoms with Gasteiger partial charge >= 0.3 is 11.9 Å². The first-order valence-corrected chi connectivity index (χ1v) is 6.55. The normalized spacial score (nSPS) is 10.0. The van der Waals surface area contributed by atoms with Gasteiger partial charge in [-0.25, -0.2) is 9.59 Å². The Morgan fingerprint density at radius 1 is 1.24 bits per heavy atom. The van der Waals surface area contributed by atoms with Gasteiger partial charge in [-0.05, 0) is 18.6 Å². The van der Waals surface area contributed by atoms with Gasteiger partial charge in [0.2, 0.25) is 0 Å². The van der Waals surface area contributed by atoms with Crippen LogP contribution in [0.15, 0.2) is 12.1 Å². The molecule has 21 heavy (non-hydrogen) atoms. The second kappa shape index (κ2) is 7.98. The van der Waals surface area contributed by atoms with E-state index in [2.05, 4.69) is 4.74 Å². The number of carbonyl (C=O) groups is 2. The predicted molar refractivity (Wildman–Crippen MR) is 78.0 cm³/mol. The lowest BCUT2D eigenvalue weighted by Gasteiger charge is -2.13. The summed E-state index contributed by atoms with van der Waals surface area (Å²) in [7, 11) is 1.22. The number of carbonyl (C=O) groups excluding carboxylic acids is 2. The summed E-state index contributed by atoms with van der Waals surface area (Å²) in [4.78, 5) is 23.2. The smallest absolute Gasteiger partial charge is 0.344 e. The van der Waals surface area contributed by atoms with Crippen molar-refractivity contribution in [3.05, 3.63) is 17.7 Å². The van der Waals surface area contributed by atoms with Crippen LogP contribution in [0.4, 0.5) is 11.4 Å². The van der Waals surface area contributed by atoms with E-state index in [0.29, 0.717) is 6.61 Å². The van der Waals surface area contributed by atoms with Gasteiger partial charge in [-0.1, -0.05) is 13.3 Å². The molecule has 0 fully saturated rings. The van der Waals surface area contributed by atoms with Crippen LogP contribution in [-0.4, -0.2) is 32.3 Å². The Balaban J connectivity index is 2.77. The molecule has 1 rings (SSSR count). The molecule has 0 saturated heterocycles. The van der Waals surface area contributed by atoms with E-state index in [9.17, 15) is 9.59 Å². The Morgan fingerprint density at radius 2 is 1.95 bits per heavy atom. The van der Waals surface area contributed by atoms with Crippen LogP contribution >= 0.6 is 0 Å². The molecule has 0 aliphatic carbocycles. The van der Waals surface area contributed by atoms with E-state index >= 15 is 0 Å². The number of unbranched alkanes of at least 4 members (excludes halogenated alkanes) is 1. The second-order valence-corrected chi connectivity index (χ2v) is 4.30. The van der Waals surface area contributed by atoms with Gasteiger partial charge in [-0.3, -0.25) is 0 Å². The van der Waals surface area contributed by atoms with E-state index in [1.165, 1.54) is 19.2 Å². The van der Waals surface area contributed by atoms with Crippen LogP contribution in [0.2, 0.25) is 0 Å². The molecule has 0 radical (unpaired) electrons. The number of benzene rings is 1. The lowest BCUT2D eigenvalue weighted by molar-refractivity contribution is -0.146. The van der Waals surface area contributed by atoms with Gasteiger partial charge < -0.3 is 25.7 Å². The number of methoxy groups -OCH3 is 1. The summed E-state index contributed by atoms with van der Waals surface area (Å²) in [6.45, 7) is 2.01. The van der Waals surface area contributed by atoms with E-state index in [1.807, 2.05) is 6.92 Å². The molecule has 7 heteroatoms. The highest BCUT2D eigenvalue weighted by Gasteiger charge is 2.20. The number of esters is 2. The van der Waals surface area contributed by atoms with Crippen molar-refractivity contribution in [2.75, 3.05) is 31.8 Å². The van der Waals surface area contributed by atoms with Crippen molar-refractivity contribution in [2.45, 2.75) is 19.8 Å². The molecule has 116 valence electrons. The fourth-order valence-corrected chi connectivity index (χ4v) is 1.56. The summed E-state index contributed by atoms with van der Waals surface area (Å²) in [6, 6.07) is 2.94. The Kier molecular flexibility index (Phi) is 6.32. The first-order chi connectivity index (χ1) is 10.0. The quantitative estimate of drug-likeness (QED) is 0.443. The summed E-state index contributed by atoms with van der Waals surface area (Å²) in [5, 5.41) is 0. The van der Waals surface area contributed by atoms with Crippen molar-refractivity contribution >= 4 is 23.3 Å². The first kappa shape index (κ1) is 16.6. The van der Waals surface area contributed by atoms with Crippen LogP contribution in [0.3, 0.4) is 0 Å². The van der Waals surface area contributed by atoms with E-state index in [1.54, 1.807) is 0 Å². The second-order valence-electron chi connectivity index (χ2n) is 4.30. The third kappa shape index (κ3) is 4.55. The average Bonchev–Trinajstić information content (AvgIpc) is 2.48. The largest absolute Gasteiger partial charge is 0.481 e. The highest BCUT2D eigenvalue weighted by atomic mass is 16.6. The molecular formula is C14H20N2O5. The summed E-state index contributed by atoms with van der Waals surface area (Å²) in [5.41, 5.74) is 11.7. The van der Waals surface area contributed by atoms with Gasteiger partial charge in [0.05, 0.1) is 25.1 Å². The Morgan fingerprint density at radius 3 is 2.57 bits per heavy atom. The van der Waals surface area contributed by atoms with E-state index in [0.717, 1.165) is 12.8 Å². The maximum atomic E-state index is 11.7. The minimum Gasteiger partial charge on any atom is -0.481 e. The van der Waals surface area contributed by atoms with Crippen molar-refractivity contribution in [2.24, 2.45) is 0 Å². The van der Waals surface area contributed by atoms with Crippen LogP contribution in [0.25, 0.3) is 0 Å². The lowest BCUT2D eigenvalue weighted by atomic mass is 10.1. The van der Waals surface area contributed by atoms with Gasteiger partial charge in [0, 0.05) is 0 Å². The zero-order chi connectivity index (χ0) is 15.8. The monoisotopic (exact) mass is 296 g/mol. The Labute approximate surface area is 123 Å². The highest BCUT2D eigenvalue weighted by molar-refractivity contribution is 6.01. The standard InChI is InChI=1S/C14H20N2O5/c1-3-4-7-20-11(17)8-21-10-6-5-9(15)13(16)12(10)14(18)19-2/h5-6H,3-4,7-8,15-16H2,1-2H3. The molecule has 0 unspecified atom stereocenters. The zero-order valence-corrected chi connectivity index (χ0v) is 12.2. The Hall–Kier alpha value is -2.44. The number of rotatable bonds is 7. The van der Waals surface area contributed by atoms with E-state index < -0.39 is 11.9 Å². The molecule has 7 nitrogen and oxygen atoms in total. The van der Waals surface area contributed by atoms with Crippen LogP contribution in [0.1, 0.15) is 30.1 Å². The van der Waals surface area contributed by atoms with Gasteiger partial charge in [-0.2, -0.15) is 0 Å². The van der Waals surface area contributed by atoms with Gasteiger partial charge in [-0.15, -0.1) is 0 Å². The van der Waals surface area contributed by atoms with Crippen molar-refractivity contribution in [3.8, 4) is 5.75 Å². The van der Waals surface area contributed by atoms with Crippen LogP contribution in [0, 0.1) is 0 Å². The van der Waals surface area contributed by atoms with Crippen LogP contribution in [-0.2, 0) is 14.3 Å². The third-order valence-corrected chi connectivity index (χ3v) is 2.74. The number of hydrogen-bond acceptors (Lipinski definition) is 7. The first-order valence-electron chi connectivity index (χ1n) is 6.55. The molecule has 0 saturated carbocycles. The average molecular weight is 296 g/mol.